The molecule has 0 amide bonds. The van der Waals surface area contributed by atoms with Crippen LogP contribution in [0.2, 0.25) is 5.02 Å². The molecule has 8 heteroatoms. The summed E-state index contributed by atoms with van der Waals surface area (Å²) >= 11 is 6.21. The molecule has 0 N–H and O–H groups in total. The highest BCUT2D eigenvalue weighted by Crippen LogP contribution is 2.20. The van der Waals surface area contributed by atoms with Gasteiger partial charge in [-0.15, -0.1) is 0 Å². The molecule has 0 radical (unpaired) electrons. The average molecular weight is 436 g/mol. The van der Waals surface area contributed by atoms with Crippen molar-refractivity contribution in [3.05, 3.63) is 87.6 Å². The largest absolute Gasteiger partial charge is 0.456 e. The summed E-state index contributed by atoms with van der Waals surface area (Å²) < 4.78 is 9.00. The highest BCUT2D eigenvalue weighted by Gasteiger charge is 2.17. The molecule has 31 heavy (non-hydrogen) atoms. The number of halogens is 1. The number of carbonyl (C=O) groups is 1. The van der Waals surface area contributed by atoms with E-state index < -0.39 is 5.97 Å². The number of hydrogen-bond donors (Lipinski definition) is 0. The Kier molecular flexibility index (Phi) is 5.61. The van der Waals surface area contributed by atoms with Gasteiger partial charge in [0.25, 0.3) is 0 Å². The first-order valence-corrected chi connectivity index (χ1v) is 10.2. The zero-order chi connectivity index (χ0) is 22.1. The molecule has 4 rings (SSSR count). The Morgan fingerprint density at radius 3 is 2.10 bits per heavy atom. The number of esters is 1. The summed E-state index contributed by atoms with van der Waals surface area (Å²) in [4.78, 5) is 17.0. The smallest absolute Gasteiger partial charge is 0.358 e. The maximum Gasteiger partial charge on any atom is 0.358 e. The number of ether oxygens (including phenoxy) is 1. The third-order valence-corrected chi connectivity index (χ3v) is 5.12. The van der Waals surface area contributed by atoms with E-state index in [1.54, 1.807) is 16.8 Å². The van der Waals surface area contributed by atoms with E-state index in [9.17, 15) is 4.79 Å². The van der Waals surface area contributed by atoms with Gasteiger partial charge in [0.1, 0.15) is 6.61 Å². The summed E-state index contributed by atoms with van der Waals surface area (Å²) in [5.41, 5.74) is 5.65. The lowest BCUT2D eigenvalue weighted by atomic mass is 10.2. The van der Waals surface area contributed by atoms with Gasteiger partial charge < -0.3 is 4.74 Å². The van der Waals surface area contributed by atoms with Crippen LogP contribution in [-0.4, -0.2) is 30.5 Å². The van der Waals surface area contributed by atoms with Crippen molar-refractivity contribution in [3.8, 4) is 11.5 Å². The Hall–Kier alpha value is -3.45. The molecular formula is C23H22ClN5O2. The first-order chi connectivity index (χ1) is 14.8. The lowest BCUT2D eigenvalue weighted by molar-refractivity contribution is 0.0466. The molecule has 1 aromatic carbocycles. The quantitative estimate of drug-likeness (QED) is 0.425. The summed E-state index contributed by atoms with van der Waals surface area (Å²) in [7, 11) is 0. The van der Waals surface area contributed by atoms with Gasteiger partial charge in [-0.1, -0.05) is 23.7 Å². The molecule has 0 saturated carbocycles. The standard InChI is InChI=1S/C23H22ClN5O2/c1-14-11-16(3)28(26-14)19-7-5-18(6-8-19)13-31-23(30)22-20(24)9-10-21(25-22)29-17(4)12-15(2)27-29/h5-12H,13H2,1-4H3. The number of carbonyl (C=O) groups excluding carboxylic acids is 1. The van der Waals surface area contributed by atoms with Crippen molar-refractivity contribution < 1.29 is 9.53 Å². The average Bonchev–Trinajstić information content (AvgIpc) is 3.26. The highest BCUT2D eigenvalue weighted by atomic mass is 35.5. The molecule has 7 nitrogen and oxygen atoms in total. The van der Waals surface area contributed by atoms with Gasteiger partial charge in [-0.25, -0.2) is 19.1 Å². The van der Waals surface area contributed by atoms with Crippen LogP contribution in [0, 0.1) is 27.7 Å². The fourth-order valence-electron chi connectivity index (χ4n) is 3.39. The molecule has 3 heterocycles. The van der Waals surface area contributed by atoms with Crippen LogP contribution in [0.15, 0.2) is 48.5 Å². The van der Waals surface area contributed by atoms with Gasteiger partial charge in [0, 0.05) is 11.4 Å². The normalized spacial score (nSPS) is 11.0. The third-order valence-electron chi connectivity index (χ3n) is 4.81. The van der Waals surface area contributed by atoms with Crippen LogP contribution in [0.25, 0.3) is 11.5 Å². The van der Waals surface area contributed by atoms with Crippen LogP contribution < -0.4 is 0 Å². The number of nitrogens with zero attached hydrogens (tertiary/aromatic N) is 5. The Balaban J connectivity index is 1.48. The zero-order valence-corrected chi connectivity index (χ0v) is 18.5. The molecule has 0 fully saturated rings. The van der Waals surface area contributed by atoms with E-state index in [0.717, 1.165) is 34.0 Å². The lowest BCUT2D eigenvalue weighted by Gasteiger charge is -2.09. The molecule has 0 aliphatic rings. The maximum atomic E-state index is 12.6. The second kappa shape index (κ2) is 8.35. The highest BCUT2D eigenvalue weighted by molar-refractivity contribution is 6.33. The first-order valence-electron chi connectivity index (χ1n) is 9.82. The fourth-order valence-corrected chi connectivity index (χ4v) is 3.58. The SMILES string of the molecule is Cc1cc(C)n(-c2ccc(COC(=O)c3nc(-n4nc(C)cc4C)ccc3Cl)cc2)n1. The Bertz CT molecular complexity index is 1260. The monoisotopic (exact) mass is 435 g/mol. The van der Waals surface area contributed by atoms with E-state index in [0.29, 0.717) is 5.82 Å². The van der Waals surface area contributed by atoms with Gasteiger partial charge in [-0.2, -0.15) is 10.2 Å². The van der Waals surface area contributed by atoms with Crippen LogP contribution in [0.5, 0.6) is 0 Å². The van der Waals surface area contributed by atoms with Gasteiger partial charge in [-0.05, 0) is 69.7 Å². The molecule has 0 aliphatic carbocycles. The summed E-state index contributed by atoms with van der Waals surface area (Å²) in [5, 5.41) is 9.10. The number of pyridine rings is 1. The summed E-state index contributed by atoms with van der Waals surface area (Å²) in [6.07, 6.45) is 0. The van der Waals surface area contributed by atoms with Crippen molar-refractivity contribution in [1.82, 2.24) is 24.5 Å². The maximum absolute atomic E-state index is 12.6. The van der Waals surface area contributed by atoms with Crippen molar-refractivity contribution in [2.24, 2.45) is 0 Å². The van der Waals surface area contributed by atoms with E-state index in [4.69, 9.17) is 16.3 Å². The minimum atomic E-state index is -0.587. The van der Waals surface area contributed by atoms with Crippen molar-refractivity contribution in [2.45, 2.75) is 34.3 Å². The van der Waals surface area contributed by atoms with Crippen molar-refractivity contribution in [2.75, 3.05) is 0 Å². The molecular weight excluding hydrogens is 414 g/mol. The molecule has 3 aromatic heterocycles. The topological polar surface area (TPSA) is 74.8 Å². The van der Waals surface area contributed by atoms with E-state index in [1.165, 1.54) is 0 Å². The van der Waals surface area contributed by atoms with Gasteiger partial charge >= 0.3 is 5.97 Å². The lowest BCUT2D eigenvalue weighted by Crippen LogP contribution is -2.11. The van der Waals surface area contributed by atoms with E-state index in [1.807, 2.05) is 68.8 Å². The molecule has 0 aliphatic heterocycles. The summed E-state index contributed by atoms with van der Waals surface area (Å²) in [5.74, 6) is -0.0767. The number of hydrogen-bond acceptors (Lipinski definition) is 5. The van der Waals surface area contributed by atoms with Crippen LogP contribution in [0.3, 0.4) is 0 Å². The minimum Gasteiger partial charge on any atom is -0.456 e. The number of aromatic nitrogens is 5. The number of benzene rings is 1. The van der Waals surface area contributed by atoms with Gasteiger partial charge in [-0.3, -0.25) is 0 Å². The number of rotatable bonds is 5. The van der Waals surface area contributed by atoms with Crippen LogP contribution in [0.4, 0.5) is 0 Å². The second-order valence-corrected chi connectivity index (χ2v) is 7.83. The Morgan fingerprint density at radius 1 is 0.903 bits per heavy atom. The van der Waals surface area contributed by atoms with Crippen LogP contribution in [0.1, 0.15) is 38.8 Å². The predicted molar refractivity (Wildman–Crippen MR) is 118 cm³/mol. The molecule has 158 valence electrons. The molecule has 0 atom stereocenters. The van der Waals surface area contributed by atoms with E-state index in [2.05, 4.69) is 15.2 Å². The van der Waals surface area contributed by atoms with Crippen LogP contribution >= 0.6 is 11.6 Å². The zero-order valence-electron chi connectivity index (χ0n) is 17.8. The molecule has 4 aromatic rings. The van der Waals surface area contributed by atoms with Crippen molar-refractivity contribution >= 4 is 17.6 Å². The number of aryl methyl sites for hydroxylation is 4. The summed E-state index contributed by atoms with van der Waals surface area (Å²) in [6, 6.07) is 15.0. The second-order valence-electron chi connectivity index (χ2n) is 7.42. The predicted octanol–water partition coefficient (Wildman–Crippen LogP) is 4.70. The van der Waals surface area contributed by atoms with Gasteiger partial charge in [0.2, 0.25) is 0 Å². The first kappa shape index (κ1) is 20.8. The Labute approximate surface area is 185 Å². The third kappa shape index (κ3) is 4.36. The fraction of sp³-hybridized carbons (Fsp3) is 0.217. The minimum absolute atomic E-state index is 0.0611. The van der Waals surface area contributed by atoms with Gasteiger partial charge in [0.05, 0.1) is 22.1 Å². The Morgan fingerprint density at radius 2 is 1.52 bits per heavy atom. The van der Waals surface area contributed by atoms with Crippen molar-refractivity contribution in [1.29, 1.82) is 0 Å². The van der Waals surface area contributed by atoms with Gasteiger partial charge in [0.15, 0.2) is 11.5 Å². The molecule has 0 spiro atoms. The van der Waals surface area contributed by atoms with Crippen LogP contribution in [-0.2, 0) is 11.3 Å². The van der Waals surface area contributed by atoms with E-state index in [-0.39, 0.29) is 17.3 Å². The molecule has 0 saturated heterocycles. The summed E-state index contributed by atoms with van der Waals surface area (Å²) in [6.45, 7) is 7.89. The van der Waals surface area contributed by atoms with Crippen molar-refractivity contribution in [3.63, 3.8) is 0 Å². The molecule has 0 bridgehead atoms. The van der Waals surface area contributed by atoms with E-state index >= 15 is 0 Å². The molecule has 0 unspecified atom stereocenters.